The van der Waals surface area contributed by atoms with E-state index in [0.29, 0.717) is 5.46 Å². The zero-order valence-corrected chi connectivity index (χ0v) is 14.1. The van der Waals surface area contributed by atoms with E-state index in [1.807, 2.05) is 30.3 Å². The molecule has 1 aromatic heterocycles. The summed E-state index contributed by atoms with van der Waals surface area (Å²) in [4.78, 5) is 0. The van der Waals surface area contributed by atoms with Gasteiger partial charge in [-0.15, -0.1) is 0 Å². The van der Waals surface area contributed by atoms with Gasteiger partial charge in [0.15, 0.2) is 0 Å². The van der Waals surface area contributed by atoms with E-state index in [1.54, 1.807) is 6.07 Å². The lowest BCUT2D eigenvalue weighted by molar-refractivity contribution is 0.425. The van der Waals surface area contributed by atoms with E-state index >= 15 is 0 Å². The van der Waals surface area contributed by atoms with Gasteiger partial charge in [0.1, 0.15) is 11.2 Å². The number of fused-ring (bicyclic) bond motifs is 6. The molecule has 3 aromatic carbocycles. The quantitative estimate of drug-likeness (QED) is 0.525. The first-order chi connectivity index (χ1) is 12.0. The maximum Gasteiger partial charge on any atom is 0.488 e. The molecule has 0 saturated carbocycles. The van der Waals surface area contributed by atoms with Crippen LogP contribution in [0.15, 0.2) is 59.0 Å². The van der Waals surface area contributed by atoms with Gasteiger partial charge in [-0.25, -0.2) is 0 Å². The Morgan fingerprint density at radius 2 is 1.56 bits per heavy atom. The van der Waals surface area contributed by atoms with Crippen LogP contribution >= 0.6 is 0 Å². The molecule has 1 aliphatic carbocycles. The standard InChI is InChI=1S/C21H17BO3/c1-21(2)17-9-12(22(23)24)7-8-13(17)15-11-20-16(10-18(15)21)14-5-3-4-6-19(14)25-20/h3-11,23-24H,1-2H3. The van der Waals surface area contributed by atoms with E-state index in [4.69, 9.17) is 4.42 Å². The summed E-state index contributed by atoms with van der Waals surface area (Å²) in [7, 11) is -1.45. The number of benzene rings is 3. The zero-order chi connectivity index (χ0) is 17.3. The van der Waals surface area contributed by atoms with Crippen LogP contribution in [0.25, 0.3) is 33.1 Å². The monoisotopic (exact) mass is 328 g/mol. The lowest BCUT2D eigenvalue weighted by Gasteiger charge is -2.22. The normalized spacial score (nSPS) is 14.7. The van der Waals surface area contributed by atoms with Crippen molar-refractivity contribution in [3.8, 4) is 11.1 Å². The Hall–Kier alpha value is -2.56. The predicted molar refractivity (Wildman–Crippen MR) is 101 cm³/mol. The molecule has 1 heterocycles. The second-order valence-electron chi connectivity index (χ2n) is 7.30. The summed E-state index contributed by atoms with van der Waals surface area (Å²) in [5.74, 6) is 0. The Balaban J connectivity index is 1.84. The summed E-state index contributed by atoms with van der Waals surface area (Å²) in [5.41, 5.74) is 6.75. The molecule has 0 bridgehead atoms. The van der Waals surface area contributed by atoms with Gasteiger partial charge in [0.05, 0.1) is 0 Å². The Morgan fingerprint density at radius 1 is 0.800 bits per heavy atom. The van der Waals surface area contributed by atoms with E-state index in [2.05, 4.69) is 32.0 Å². The third kappa shape index (κ3) is 1.89. The van der Waals surface area contributed by atoms with Crippen molar-refractivity contribution in [2.75, 3.05) is 0 Å². The summed E-state index contributed by atoms with van der Waals surface area (Å²) in [5, 5.41) is 21.3. The van der Waals surface area contributed by atoms with Crippen LogP contribution < -0.4 is 5.46 Å². The Kier molecular flexibility index (Phi) is 2.80. The summed E-state index contributed by atoms with van der Waals surface area (Å²) in [6, 6.07) is 18.1. The van der Waals surface area contributed by atoms with Crippen molar-refractivity contribution in [2.24, 2.45) is 0 Å². The molecule has 0 saturated heterocycles. The maximum absolute atomic E-state index is 9.52. The molecule has 0 radical (unpaired) electrons. The van der Waals surface area contributed by atoms with Crippen LogP contribution in [-0.2, 0) is 5.41 Å². The second kappa shape index (κ2) is 4.75. The molecule has 2 N–H and O–H groups in total. The molecule has 0 fully saturated rings. The van der Waals surface area contributed by atoms with Crippen molar-refractivity contribution < 1.29 is 14.5 Å². The van der Waals surface area contributed by atoms with E-state index in [-0.39, 0.29) is 5.41 Å². The maximum atomic E-state index is 9.52. The SMILES string of the molecule is CC1(C)c2cc(B(O)O)ccc2-c2cc3oc4ccccc4c3cc21. The molecular weight excluding hydrogens is 311 g/mol. The van der Waals surface area contributed by atoms with Gasteiger partial charge in [-0.1, -0.05) is 50.2 Å². The minimum absolute atomic E-state index is 0.206. The molecular formula is C21H17BO3. The number of rotatable bonds is 1. The predicted octanol–water partition coefficient (Wildman–Crippen LogP) is 3.57. The molecule has 0 amide bonds. The first kappa shape index (κ1) is 14.8. The van der Waals surface area contributed by atoms with Gasteiger partial charge in [-0.3, -0.25) is 0 Å². The van der Waals surface area contributed by atoms with Gasteiger partial charge < -0.3 is 14.5 Å². The van der Waals surface area contributed by atoms with Crippen molar-refractivity contribution in [1.82, 2.24) is 0 Å². The van der Waals surface area contributed by atoms with Gasteiger partial charge in [-0.2, -0.15) is 0 Å². The van der Waals surface area contributed by atoms with Crippen molar-refractivity contribution >= 4 is 34.5 Å². The van der Waals surface area contributed by atoms with Crippen LogP contribution in [0.1, 0.15) is 25.0 Å². The molecule has 5 rings (SSSR count). The zero-order valence-electron chi connectivity index (χ0n) is 14.1. The lowest BCUT2D eigenvalue weighted by Crippen LogP contribution is -2.31. The fourth-order valence-corrected chi connectivity index (χ4v) is 4.13. The van der Waals surface area contributed by atoms with E-state index in [0.717, 1.165) is 38.6 Å². The highest BCUT2D eigenvalue weighted by Gasteiger charge is 2.37. The van der Waals surface area contributed by atoms with Crippen LogP contribution in [0.5, 0.6) is 0 Å². The fourth-order valence-electron chi connectivity index (χ4n) is 4.13. The summed E-state index contributed by atoms with van der Waals surface area (Å²) >= 11 is 0. The minimum atomic E-state index is -1.45. The Bertz CT molecular complexity index is 1150. The van der Waals surface area contributed by atoms with Gasteiger partial charge >= 0.3 is 7.12 Å². The summed E-state index contributed by atoms with van der Waals surface area (Å²) < 4.78 is 6.04. The lowest BCUT2D eigenvalue weighted by atomic mass is 9.75. The highest BCUT2D eigenvalue weighted by Crippen LogP contribution is 2.50. The molecule has 0 aliphatic heterocycles. The average molecular weight is 328 g/mol. The van der Waals surface area contributed by atoms with Gasteiger partial charge in [0.25, 0.3) is 0 Å². The van der Waals surface area contributed by atoms with Crippen LogP contribution in [0.3, 0.4) is 0 Å². The third-order valence-electron chi connectivity index (χ3n) is 5.50. The van der Waals surface area contributed by atoms with Crippen molar-refractivity contribution in [2.45, 2.75) is 19.3 Å². The molecule has 3 nitrogen and oxygen atoms in total. The molecule has 25 heavy (non-hydrogen) atoms. The number of hydrogen-bond donors (Lipinski definition) is 2. The van der Waals surface area contributed by atoms with Crippen molar-refractivity contribution in [3.63, 3.8) is 0 Å². The highest BCUT2D eigenvalue weighted by atomic mass is 16.4. The highest BCUT2D eigenvalue weighted by molar-refractivity contribution is 6.58. The molecule has 0 spiro atoms. The van der Waals surface area contributed by atoms with Crippen LogP contribution in [0.4, 0.5) is 0 Å². The molecule has 4 aromatic rings. The first-order valence-electron chi connectivity index (χ1n) is 8.43. The number of furan rings is 1. The number of para-hydroxylation sites is 1. The number of hydrogen-bond acceptors (Lipinski definition) is 3. The Morgan fingerprint density at radius 3 is 2.36 bits per heavy atom. The molecule has 122 valence electrons. The largest absolute Gasteiger partial charge is 0.488 e. The Labute approximate surface area is 145 Å². The second-order valence-corrected chi connectivity index (χ2v) is 7.30. The summed E-state index contributed by atoms with van der Waals surface area (Å²) in [6.45, 7) is 4.36. The van der Waals surface area contributed by atoms with Crippen molar-refractivity contribution in [3.05, 3.63) is 65.7 Å². The molecule has 0 atom stereocenters. The van der Waals surface area contributed by atoms with Gasteiger partial charge in [0, 0.05) is 16.2 Å². The van der Waals surface area contributed by atoms with Crippen LogP contribution in [0.2, 0.25) is 0 Å². The van der Waals surface area contributed by atoms with Crippen LogP contribution in [-0.4, -0.2) is 17.2 Å². The molecule has 0 unspecified atom stereocenters. The molecule has 1 aliphatic rings. The topological polar surface area (TPSA) is 53.6 Å². The average Bonchev–Trinajstić information content (AvgIpc) is 3.07. The van der Waals surface area contributed by atoms with Gasteiger partial charge in [0.2, 0.25) is 0 Å². The van der Waals surface area contributed by atoms with Crippen LogP contribution in [0, 0.1) is 0 Å². The van der Waals surface area contributed by atoms with E-state index < -0.39 is 7.12 Å². The van der Waals surface area contributed by atoms with Crippen molar-refractivity contribution in [1.29, 1.82) is 0 Å². The fraction of sp³-hybridized carbons (Fsp3) is 0.143. The smallest absolute Gasteiger partial charge is 0.456 e. The molecule has 4 heteroatoms. The van der Waals surface area contributed by atoms with E-state index in [9.17, 15) is 10.0 Å². The summed E-state index contributed by atoms with van der Waals surface area (Å²) in [6.07, 6.45) is 0. The third-order valence-corrected chi connectivity index (χ3v) is 5.50. The van der Waals surface area contributed by atoms with Gasteiger partial charge in [-0.05, 0) is 45.9 Å². The van der Waals surface area contributed by atoms with E-state index in [1.165, 1.54) is 5.56 Å². The minimum Gasteiger partial charge on any atom is -0.456 e. The first-order valence-corrected chi connectivity index (χ1v) is 8.43.